The second kappa shape index (κ2) is 10.1. The topological polar surface area (TPSA) is 124 Å². The van der Waals surface area contributed by atoms with Gasteiger partial charge in [-0.15, -0.1) is 0 Å². The molecule has 0 spiro atoms. The van der Waals surface area contributed by atoms with Crippen LogP contribution < -0.4 is 15.3 Å². The van der Waals surface area contributed by atoms with Crippen LogP contribution in [0.15, 0.2) is 0 Å². The average molecular weight is 294 g/mol. The van der Waals surface area contributed by atoms with Crippen LogP contribution in [0.4, 0.5) is 0 Å². The van der Waals surface area contributed by atoms with Crippen LogP contribution >= 0.6 is 0 Å². The predicted molar refractivity (Wildman–Crippen MR) is 45.3 cm³/mol. The second-order valence-corrected chi connectivity index (χ2v) is 3.21. The van der Waals surface area contributed by atoms with E-state index >= 15 is 0 Å². The third-order valence-corrected chi connectivity index (χ3v) is 1.90. The molecule has 0 saturated carbocycles. The zero-order valence-corrected chi connectivity index (χ0v) is 9.88. The summed E-state index contributed by atoms with van der Waals surface area (Å²) in [6, 6.07) is 0. The van der Waals surface area contributed by atoms with Gasteiger partial charge in [-0.1, -0.05) is 0 Å². The molecule has 7 nitrogen and oxygen atoms in total. The maximum absolute atomic E-state index is 10.2. The van der Waals surface area contributed by atoms with E-state index in [2.05, 4.69) is 0 Å². The Balaban J connectivity index is 0. The molecule has 0 aliphatic rings. The standard InChI is InChI=1S/C9H15NO6.Cu/c11-7(12)1-4-10(5-2-8(13)14)6-3-9(15)16;/h1-6H2,(H,11,12)(H,13,14)(H,15,16);/p-3. The number of carbonyl (C=O) groups excluding carboxylic acids is 3. The molecule has 0 aromatic carbocycles. The van der Waals surface area contributed by atoms with E-state index in [-0.39, 0.29) is 56.0 Å². The van der Waals surface area contributed by atoms with Gasteiger partial charge in [0.1, 0.15) is 0 Å². The van der Waals surface area contributed by atoms with Crippen molar-refractivity contribution in [3.05, 3.63) is 0 Å². The maximum atomic E-state index is 10.2. The van der Waals surface area contributed by atoms with Crippen LogP contribution in [-0.4, -0.2) is 42.4 Å². The minimum absolute atomic E-state index is 0. The van der Waals surface area contributed by atoms with Crippen molar-refractivity contribution in [2.24, 2.45) is 0 Å². The van der Waals surface area contributed by atoms with Gasteiger partial charge in [0.05, 0.1) is 0 Å². The van der Waals surface area contributed by atoms with E-state index in [0.29, 0.717) is 0 Å². The first-order chi connectivity index (χ1) is 7.41. The third-order valence-electron chi connectivity index (χ3n) is 1.90. The number of carbonyl (C=O) groups is 3. The summed E-state index contributed by atoms with van der Waals surface area (Å²) < 4.78 is 0. The van der Waals surface area contributed by atoms with Gasteiger partial charge in [0.2, 0.25) is 0 Å². The molecule has 0 aromatic rings. The smallest absolute Gasteiger partial charge is 0.0427 e. The normalized spacial score (nSPS) is 9.71. The van der Waals surface area contributed by atoms with E-state index in [1.54, 1.807) is 0 Å². The van der Waals surface area contributed by atoms with E-state index in [1.165, 1.54) is 4.90 Å². The molecule has 0 aromatic heterocycles. The van der Waals surface area contributed by atoms with Crippen LogP contribution in [0.25, 0.3) is 0 Å². The van der Waals surface area contributed by atoms with Gasteiger partial charge in [0.15, 0.2) is 0 Å². The van der Waals surface area contributed by atoms with E-state index < -0.39 is 17.9 Å². The zero-order valence-electron chi connectivity index (χ0n) is 8.94. The van der Waals surface area contributed by atoms with Gasteiger partial charge < -0.3 is 34.6 Å². The van der Waals surface area contributed by atoms with Gasteiger partial charge >= 0.3 is 0 Å². The van der Waals surface area contributed by atoms with Crippen LogP contribution in [0.5, 0.6) is 0 Å². The van der Waals surface area contributed by atoms with Crippen molar-refractivity contribution in [1.82, 2.24) is 4.90 Å². The van der Waals surface area contributed by atoms with Gasteiger partial charge in [-0.3, -0.25) is 0 Å². The molecule has 0 saturated heterocycles. The molecule has 0 aliphatic heterocycles. The number of hydrogen-bond donors (Lipinski definition) is 0. The SMILES string of the molecule is O=C([O-])CCN(CCC(=O)[O-])CCC(=O)[O-].[Cu]. The number of hydrogen-bond acceptors (Lipinski definition) is 7. The molecule has 0 rings (SSSR count). The molecule has 0 atom stereocenters. The minimum atomic E-state index is -1.27. The van der Waals surface area contributed by atoms with Crippen molar-refractivity contribution in [2.45, 2.75) is 19.3 Å². The van der Waals surface area contributed by atoms with Gasteiger partial charge in [-0.25, -0.2) is 0 Å². The number of carboxylic acids is 3. The first kappa shape index (κ1) is 18.3. The quantitative estimate of drug-likeness (QED) is 0.394. The fraction of sp³-hybridized carbons (Fsp3) is 0.667. The Morgan fingerprint density at radius 1 is 0.706 bits per heavy atom. The molecular formula is C9H12CuNO6-3. The summed E-state index contributed by atoms with van der Waals surface area (Å²) >= 11 is 0. The minimum Gasteiger partial charge on any atom is -0.550 e. The van der Waals surface area contributed by atoms with E-state index in [4.69, 9.17) is 0 Å². The van der Waals surface area contributed by atoms with Crippen LogP contribution in [-0.2, 0) is 31.5 Å². The summed E-state index contributed by atoms with van der Waals surface area (Å²) in [6.07, 6.45) is -0.833. The van der Waals surface area contributed by atoms with Crippen LogP contribution in [0.2, 0.25) is 0 Å². The summed E-state index contributed by atoms with van der Waals surface area (Å²) in [6.45, 7) is 0.134. The molecule has 8 heteroatoms. The molecule has 0 N–H and O–H groups in total. The van der Waals surface area contributed by atoms with Crippen molar-refractivity contribution < 1.29 is 46.8 Å². The van der Waals surface area contributed by atoms with E-state index in [9.17, 15) is 29.7 Å². The Kier molecular flexibility index (Phi) is 10.8. The Morgan fingerprint density at radius 2 is 0.941 bits per heavy atom. The van der Waals surface area contributed by atoms with Crippen molar-refractivity contribution in [3.8, 4) is 0 Å². The molecular weight excluding hydrogens is 282 g/mol. The van der Waals surface area contributed by atoms with Gasteiger partial charge in [0, 0.05) is 54.6 Å². The molecule has 103 valence electrons. The molecule has 0 heterocycles. The predicted octanol–water partition coefficient (Wildman–Crippen LogP) is -4.29. The Labute approximate surface area is 109 Å². The first-order valence-electron chi connectivity index (χ1n) is 4.73. The van der Waals surface area contributed by atoms with Gasteiger partial charge in [-0.2, -0.15) is 0 Å². The molecule has 0 bridgehead atoms. The van der Waals surface area contributed by atoms with Crippen LogP contribution in [0.3, 0.4) is 0 Å². The number of nitrogens with zero attached hydrogens (tertiary/aromatic N) is 1. The molecule has 17 heavy (non-hydrogen) atoms. The summed E-state index contributed by atoms with van der Waals surface area (Å²) in [5.74, 6) is -3.81. The van der Waals surface area contributed by atoms with Crippen molar-refractivity contribution in [3.63, 3.8) is 0 Å². The fourth-order valence-electron chi connectivity index (χ4n) is 1.08. The zero-order chi connectivity index (χ0) is 12.6. The monoisotopic (exact) mass is 293 g/mol. The molecule has 0 amide bonds. The summed E-state index contributed by atoms with van der Waals surface area (Å²) in [7, 11) is 0. The summed E-state index contributed by atoms with van der Waals surface area (Å²) in [5, 5.41) is 30.6. The van der Waals surface area contributed by atoms with Crippen LogP contribution in [0.1, 0.15) is 19.3 Å². The van der Waals surface area contributed by atoms with E-state index in [0.717, 1.165) is 0 Å². The Bertz CT molecular complexity index is 227. The summed E-state index contributed by atoms with van der Waals surface area (Å²) in [5.41, 5.74) is 0. The largest absolute Gasteiger partial charge is 0.550 e. The maximum Gasteiger partial charge on any atom is 0.0427 e. The van der Waals surface area contributed by atoms with Crippen molar-refractivity contribution >= 4 is 17.9 Å². The number of aliphatic carboxylic acids is 3. The molecule has 0 unspecified atom stereocenters. The average Bonchev–Trinajstić information content (AvgIpc) is 2.15. The Hall–Kier alpha value is -1.11. The van der Waals surface area contributed by atoms with E-state index in [1.807, 2.05) is 0 Å². The summed E-state index contributed by atoms with van der Waals surface area (Å²) in [4.78, 5) is 32.0. The Morgan fingerprint density at radius 3 is 1.12 bits per heavy atom. The first-order valence-corrected chi connectivity index (χ1v) is 4.73. The van der Waals surface area contributed by atoms with Crippen LogP contribution in [0, 0.1) is 0 Å². The molecule has 0 aliphatic carbocycles. The number of carboxylic acid groups (broad SMARTS) is 3. The van der Waals surface area contributed by atoms with Gasteiger partial charge in [0.25, 0.3) is 0 Å². The third kappa shape index (κ3) is 12.8. The van der Waals surface area contributed by atoms with Crippen molar-refractivity contribution in [1.29, 1.82) is 0 Å². The number of rotatable bonds is 9. The van der Waals surface area contributed by atoms with Gasteiger partial charge in [-0.05, 0) is 19.3 Å². The molecule has 1 radical (unpaired) electrons. The fourth-order valence-corrected chi connectivity index (χ4v) is 1.08. The van der Waals surface area contributed by atoms with Crippen molar-refractivity contribution in [2.75, 3.05) is 19.6 Å². The molecule has 0 fully saturated rings. The second-order valence-electron chi connectivity index (χ2n) is 3.21.